The van der Waals surface area contributed by atoms with E-state index < -0.39 is 0 Å². The molecule has 1 aromatic heterocycles. The van der Waals surface area contributed by atoms with E-state index >= 15 is 0 Å². The molecule has 0 bridgehead atoms. The molecular formula is C30H33N5O2. The highest BCUT2D eigenvalue weighted by atomic mass is 16.2. The molecule has 0 aliphatic carbocycles. The lowest BCUT2D eigenvalue weighted by molar-refractivity contribution is -0.118. The first kappa shape index (κ1) is 24.7. The van der Waals surface area contributed by atoms with Crippen LogP contribution in [0.1, 0.15) is 53.7 Å². The highest BCUT2D eigenvalue weighted by Crippen LogP contribution is 2.31. The van der Waals surface area contributed by atoms with E-state index in [2.05, 4.69) is 45.3 Å². The van der Waals surface area contributed by atoms with Gasteiger partial charge in [-0.3, -0.25) is 14.3 Å². The predicted octanol–water partition coefficient (Wildman–Crippen LogP) is 5.12. The predicted molar refractivity (Wildman–Crippen MR) is 147 cm³/mol. The zero-order valence-corrected chi connectivity index (χ0v) is 21.5. The minimum atomic E-state index is -0.238. The molecule has 2 amide bonds. The molecule has 0 saturated carbocycles. The number of aryl methyl sites for hydroxylation is 2. The van der Waals surface area contributed by atoms with Crippen LogP contribution in [0.2, 0.25) is 0 Å². The van der Waals surface area contributed by atoms with Gasteiger partial charge in [0.15, 0.2) is 0 Å². The quantitative estimate of drug-likeness (QED) is 0.346. The summed E-state index contributed by atoms with van der Waals surface area (Å²) in [5, 5.41) is 16.0. The van der Waals surface area contributed by atoms with Crippen molar-refractivity contribution < 1.29 is 9.59 Å². The van der Waals surface area contributed by atoms with Crippen LogP contribution >= 0.6 is 0 Å². The Hall–Kier alpha value is -3.97. The Kier molecular flexibility index (Phi) is 7.06. The van der Waals surface area contributed by atoms with Crippen LogP contribution in [-0.2, 0) is 11.8 Å². The third kappa shape index (κ3) is 5.42. The van der Waals surface area contributed by atoms with Gasteiger partial charge in [0.25, 0.3) is 5.91 Å². The van der Waals surface area contributed by atoms with Crippen LogP contribution in [0.25, 0.3) is 21.9 Å². The summed E-state index contributed by atoms with van der Waals surface area (Å²) in [5.41, 5.74) is 5.15. The molecule has 5 rings (SSSR count). The van der Waals surface area contributed by atoms with Crippen molar-refractivity contribution in [3.05, 3.63) is 83.7 Å². The fourth-order valence-electron chi connectivity index (χ4n) is 5.04. The average Bonchev–Trinajstić information content (AvgIpc) is 3.35. The molecule has 7 nitrogen and oxygen atoms in total. The van der Waals surface area contributed by atoms with Gasteiger partial charge in [-0.2, -0.15) is 5.10 Å². The molecule has 3 aromatic carbocycles. The van der Waals surface area contributed by atoms with E-state index in [-0.39, 0.29) is 23.9 Å². The smallest absolute Gasteiger partial charge is 0.252 e. The first-order chi connectivity index (χ1) is 17.9. The van der Waals surface area contributed by atoms with Gasteiger partial charge >= 0.3 is 0 Å². The van der Waals surface area contributed by atoms with E-state index in [9.17, 15) is 9.59 Å². The van der Waals surface area contributed by atoms with Crippen molar-refractivity contribution in [1.82, 2.24) is 20.4 Å². The van der Waals surface area contributed by atoms with Gasteiger partial charge in [-0.1, -0.05) is 36.8 Å². The summed E-state index contributed by atoms with van der Waals surface area (Å²) < 4.78 is 1.79. The molecule has 190 valence electrons. The fourth-order valence-corrected chi connectivity index (χ4v) is 5.04. The van der Waals surface area contributed by atoms with Gasteiger partial charge in [0.05, 0.1) is 18.3 Å². The van der Waals surface area contributed by atoms with Gasteiger partial charge in [0, 0.05) is 30.1 Å². The largest absolute Gasteiger partial charge is 0.345 e. The SMILES string of the molecule is Cc1ccc(NC(=O)[C@H]2CCCCN2)cc1C(=O)N[C@H](C)c1cc(-c2cnn(C)c2)cc2ccccc12. The van der Waals surface area contributed by atoms with Gasteiger partial charge in [-0.25, -0.2) is 0 Å². The topological polar surface area (TPSA) is 88.1 Å². The summed E-state index contributed by atoms with van der Waals surface area (Å²) in [6.45, 7) is 4.77. The zero-order valence-electron chi connectivity index (χ0n) is 21.5. The molecule has 1 fully saturated rings. The molecule has 1 saturated heterocycles. The molecule has 1 aliphatic rings. The van der Waals surface area contributed by atoms with Crippen molar-refractivity contribution in [3.63, 3.8) is 0 Å². The lowest BCUT2D eigenvalue weighted by Gasteiger charge is -2.23. The number of nitrogens with one attached hydrogen (secondary N) is 3. The average molecular weight is 496 g/mol. The maximum atomic E-state index is 13.4. The van der Waals surface area contributed by atoms with E-state index in [0.717, 1.165) is 58.8 Å². The summed E-state index contributed by atoms with van der Waals surface area (Å²) in [4.78, 5) is 26.1. The molecule has 0 unspecified atom stereocenters. The summed E-state index contributed by atoms with van der Waals surface area (Å²) >= 11 is 0. The molecule has 0 spiro atoms. The van der Waals surface area contributed by atoms with Crippen LogP contribution in [0.3, 0.4) is 0 Å². The molecule has 2 atom stereocenters. The highest BCUT2D eigenvalue weighted by molar-refractivity contribution is 6.00. The van der Waals surface area contributed by atoms with Crippen LogP contribution in [0.5, 0.6) is 0 Å². The molecular weight excluding hydrogens is 462 g/mol. The highest BCUT2D eigenvalue weighted by Gasteiger charge is 2.22. The summed E-state index contributed by atoms with van der Waals surface area (Å²) in [7, 11) is 1.90. The van der Waals surface area contributed by atoms with Crippen LogP contribution in [-0.4, -0.2) is 34.2 Å². The van der Waals surface area contributed by atoms with Crippen molar-refractivity contribution in [2.24, 2.45) is 7.05 Å². The second kappa shape index (κ2) is 10.6. The Morgan fingerprint density at radius 2 is 1.92 bits per heavy atom. The number of fused-ring (bicyclic) bond motifs is 1. The number of carbonyl (C=O) groups excluding carboxylic acids is 2. The Bertz CT molecular complexity index is 1450. The first-order valence-electron chi connectivity index (χ1n) is 12.9. The lowest BCUT2D eigenvalue weighted by Crippen LogP contribution is -2.43. The Labute approximate surface area is 217 Å². The monoisotopic (exact) mass is 495 g/mol. The third-order valence-electron chi connectivity index (χ3n) is 7.12. The summed E-state index contributed by atoms with van der Waals surface area (Å²) in [6.07, 6.45) is 6.80. The molecule has 37 heavy (non-hydrogen) atoms. The second-order valence-corrected chi connectivity index (χ2v) is 9.91. The molecule has 1 aliphatic heterocycles. The van der Waals surface area contributed by atoms with Crippen LogP contribution < -0.4 is 16.0 Å². The van der Waals surface area contributed by atoms with E-state index in [1.165, 1.54) is 0 Å². The first-order valence-corrected chi connectivity index (χ1v) is 12.9. The standard InChI is InChI=1S/C30H33N5O2/c1-19-11-12-24(34-30(37)28-10-6-7-13-31-28)16-26(19)29(36)33-20(2)27-15-22(23-17-32-35(3)18-23)14-21-8-4-5-9-25(21)27/h4-5,8-9,11-12,14-18,20,28,31H,6-7,10,13H2,1-3H3,(H,33,36)(H,34,37)/t20-,28-/m1/s1. The van der Waals surface area contributed by atoms with Gasteiger partial charge in [0.2, 0.25) is 5.91 Å². The molecule has 4 aromatic rings. The number of hydrogen-bond donors (Lipinski definition) is 3. The van der Waals surface area contributed by atoms with E-state index in [4.69, 9.17) is 0 Å². The Balaban J connectivity index is 1.39. The van der Waals surface area contributed by atoms with Crippen LogP contribution in [0.4, 0.5) is 5.69 Å². The molecule has 0 radical (unpaired) electrons. The minimum absolute atomic E-state index is 0.0537. The molecule has 2 heterocycles. The van der Waals surface area contributed by atoms with E-state index in [1.807, 2.05) is 57.6 Å². The van der Waals surface area contributed by atoms with Gasteiger partial charge in [0.1, 0.15) is 0 Å². The number of nitrogens with zero attached hydrogens (tertiary/aromatic N) is 2. The van der Waals surface area contributed by atoms with Crippen molar-refractivity contribution in [1.29, 1.82) is 0 Å². The van der Waals surface area contributed by atoms with Gasteiger partial charge < -0.3 is 16.0 Å². The van der Waals surface area contributed by atoms with Crippen molar-refractivity contribution in [3.8, 4) is 11.1 Å². The number of piperidine rings is 1. The van der Waals surface area contributed by atoms with Crippen LogP contribution in [0, 0.1) is 6.92 Å². The number of hydrogen-bond acceptors (Lipinski definition) is 4. The Morgan fingerprint density at radius 3 is 2.68 bits per heavy atom. The number of aromatic nitrogens is 2. The maximum absolute atomic E-state index is 13.4. The number of benzene rings is 3. The van der Waals surface area contributed by atoms with Gasteiger partial charge in [-0.15, -0.1) is 0 Å². The third-order valence-corrected chi connectivity index (χ3v) is 7.12. The van der Waals surface area contributed by atoms with Crippen molar-refractivity contribution >= 4 is 28.3 Å². The number of rotatable bonds is 6. The van der Waals surface area contributed by atoms with Gasteiger partial charge in [-0.05, 0) is 85.0 Å². The van der Waals surface area contributed by atoms with Crippen molar-refractivity contribution in [2.45, 2.75) is 45.2 Å². The normalized spacial score (nSPS) is 16.4. The number of carbonyl (C=O) groups is 2. The number of amides is 2. The molecule has 3 N–H and O–H groups in total. The lowest BCUT2D eigenvalue weighted by atomic mass is 9.94. The van der Waals surface area contributed by atoms with Crippen LogP contribution in [0.15, 0.2) is 67.0 Å². The zero-order chi connectivity index (χ0) is 25.9. The molecule has 7 heteroatoms. The van der Waals surface area contributed by atoms with E-state index in [0.29, 0.717) is 11.3 Å². The minimum Gasteiger partial charge on any atom is -0.345 e. The number of anilines is 1. The Morgan fingerprint density at radius 1 is 1.08 bits per heavy atom. The summed E-state index contributed by atoms with van der Waals surface area (Å²) in [6, 6.07) is 17.6. The fraction of sp³-hybridized carbons (Fsp3) is 0.300. The summed E-state index contributed by atoms with van der Waals surface area (Å²) in [5.74, 6) is -0.227. The maximum Gasteiger partial charge on any atom is 0.252 e. The van der Waals surface area contributed by atoms with E-state index in [1.54, 1.807) is 10.7 Å². The second-order valence-electron chi connectivity index (χ2n) is 9.91. The van der Waals surface area contributed by atoms with Crippen molar-refractivity contribution in [2.75, 3.05) is 11.9 Å².